The minimum absolute atomic E-state index is 0.102. The van der Waals surface area contributed by atoms with Gasteiger partial charge >= 0.3 is 0 Å². The van der Waals surface area contributed by atoms with Gasteiger partial charge in [0.2, 0.25) is 17.7 Å². The first-order chi connectivity index (χ1) is 10.3. The van der Waals surface area contributed by atoms with Crippen molar-refractivity contribution >= 4 is 5.91 Å². The number of nitrogens with one attached hydrogen (secondary N) is 2. The van der Waals surface area contributed by atoms with Crippen LogP contribution in [0, 0.1) is 0 Å². The van der Waals surface area contributed by atoms with E-state index in [1.165, 1.54) is 0 Å². The van der Waals surface area contributed by atoms with Crippen molar-refractivity contribution in [2.75, 3.05) is 26.8 Å². The summed E-state index contributed by atoms with van der Waals surface area (Å²) in [5.74, 6) is 0.810. The topological polar surface area (TPSA) is 89.3 Å². The molecule has 0 saturated carbocycles. The maximum atomic E-state index is 11.4. The summed E-state index contributed by atoms with van der Waals surface area (Å²) < 4.78 is 10.4. The van der Waals surface area contributed by atoms with Crippen molar-refractivity contribution in [1.82, 2.24) is 20.8 Å². The van der Waals surface area contributed by atoms with E-state index in [4.69, 9.17) is 9.15 Å². The SMILES string of the molecule is COCCNC(=O)CNCc1nnc(-c2ccccc2)o1. The Bertz CT molecular complexity index is 556. The van der Waals surface area contributed by atoms with Crippen LogP contribution in [-0.2, 0) is 16.1 Å². The van der Waals surface area contributed by atoms with E-state index in [9.17, 15) is 4.79 Å². The molecule has 0 saturated heterocycles. The molecule has 0 atom stereocenters. The zero-order valence-electron chi connectivity index (χ0n) is 11.8. The van der Waals surface area contributed by atoms with Gasteiger partial charge in [-0.05, 0) is 12.1 Å². The molecule has 0 unspecified atom stereocenters. The van der Waals surface area contributed by atoms with Crippen molar-refractivity contribution in [3.8, 4) is 11.5 Å². The number of rotatable bonds is 8. The van der Waals surface area contributed by atoms with Crippen LogP contribution >= 0.6 is 0 Å². The Labute approximate surface area is 122 Å². The maximum absolute atomic E-state index is 11.4. The summed E-state index contributed by atoms with van der Waals surface area (Å²) >= 11 is 0. The number of methoxy groups -OCH3 is 1. The lowest BCUT2D eigenvalue weighted by molar-refractivity contribution is -0.120. The summed E-state index contributed by atoms with van der Waals surface area (Å²) in [6.07, 6.45) is 0. The Morgan fingerprint density at radius 3 is 2.86 bits per heavy atom. The Balaban J connectivity index is 1.75. The molecule has 2 aromatic rings. The van der Waals surface area contributed by atoms with Gasteiger partial charge in [0.25, 0.3) is 0 Å². The number of benzene rings is 1. The molecule has 0 bridgehead atoms. The fourth-order valence-electron chi connectivity index (χ4n) is 1.66. The Morgan fingerprint density at radius 1 is 1.29 bits per heavy atom. The predicted molar refractivity (Wildman–Crippen MR) is 76.3 cm³/mol. The van der Waals surface area contributed by atoms with Gasteiger partial charge in [0.05, 0.1) is 19.7 Å². The van der Waals surface area contributed by atoms with E-state index in [-0.39, 0.29) is 12.5 Å². The molecule has 1 amide bonds. The number of amides is 1. The fourth-order valence-corrected chi connectivity index (χ4v) is 1.66. The third kappa shape index (κ3) is 4.97. The molecule has 21 heavy (non-hydrogen) atoms. The average molecular weight is 290 g/mol. The average Bonchev–Trinajstić information content (AvgIpc) is 2.97. The first-order valence-corrected chi connectivity index (χ1v) is 6.63. The molecule has 1 heterocycles. The number of carbonyl (C=O) groups is 1. The number of ether oxygens (including phenoxy) is 1. The second-order valence-corrected chi connectivity index (χ2v) is 4.31. The van der Waals surface area contributed by atoms with Crippen LogP contribution in [0.15, 0.2) is 34.7 Å². The fraction of sp³-hybridized carbons (Fsp3) is 0.357. The van der Waals surface area contributed by atoms with E-state index in [0.717, 1.165) is 5.56 Å². The van der Waals surface area contributed by atoms with Crippen LogP contribution in [0.2, 0.25) is 0 Å². The van der Waals surface area contributed by atoms with Gasteiger partial charge in [-0.25, -0.2) is 0 Å². The minimum atomic E-state index is -0.102. The summed E-state index contributed by atoms with van der Waals surface area (Å²) in [6, 6.07) is 9.52. The first kappa shape index (κ1) is 15.1. The Morgan fingerprint density at radius 2 is 2.10 bits per heavy atom. The number of nitrogens with zero attached hydrogens (tertiary/aromatic N) is 2. The molecule has 0 radical (unpaired) electrons. The van der Waals surface area contributed by atoms with Gasteiger partial charge < -0.3 is 14.5 Å². The van der Waals surface area contributed by atoms with E-state index < -0.39 is 0 Å². The third-order valence-corrected chi connectivity index (χ3v) is 2.68. The van der Waals surface area contributed by atoms with Crippen LogP contribution in [0.3, 0.4) is 0 Å². The van der Waals surface area contributed by atoms with Crippen LogP contribution in [0.5, 0.6) is 0 Å². The summed E-state index contributed by atoms with van der Waals surface area (Å²) in [5, 5.41) is 13.6. The van der Waals surface area contributed by atoms with E-state index in [1.54, 1.807) is 7.11 Å². The Hall–Kier alpha value is -2.25. The molecule has 1 aromatic heterocycles. The summed E-state index contributed by atoms with van der Waals surface area (Å²) in [4.78, 5) is 11.4. The molecule has 0 fully saturated rings. The molecule has 0 aliphatic heterocycles. The molecule has 0 spiro atoms. The number of hydrogen-bond acceptors (Lipinski definition) is 6. The number of carbonyl (C=O) groups excluding carboxylic acids is 1. The van der Waals surface area contributed by atoms with Gasteiger partial charge in [-0.3, -0.25) is 10.1 Å². The van der Waals surface area contributed by atoms with E-state index in [2.05, 4.69) is 20.8 Å². The molecule has 0 aliphatic carbocycles. The van der Waals surface area contributed by atoms with Crippen molar-refractivity contribution in [2.24, 2.45) is 0 Å². The largest absolute Gasteiger partial charge is 0.419 e. The lowest BCUT2D eigenvalue weighted by atomic mass is 10.2. The second kappa shape index (κ2) is 8.13. The monoisotopic (exact) mass is 290 g/mol. The van der Waals surface area contributed by atoms with Gasteiger partial charge in [-0.2, -0.15) is 0 Å². The van der Waals surface area contributed by atoms with Gasteiger partial charge in [-0.1, -0.05) is 18.2 Å². The van der Waals surface area contributed by atoms with Gasteiger partial charge in [0.1, 0.15) is 0 Å². The lowest BCUT2D eigenvalue weighted by Gasteiger charge is -2.04. The molecule has 7 nitrogen and oxygen atoms in total. The van der Waals surface area contributed by atoms with Crippen molar-refractivity contribution in [3.63, 3.8) is 0 Å². The molecule has 112 valence electrons. The van der Waals surface area contributed by atoms with Gasteiger partial charge in [0.15, 0.2) is 0 Å². The van der Waals surface area contributed by atoms with Crippen LogP contribution in [0.25, 0.3) is 11.5 Å². The van der Waals surface area contributed by atoms with Gasteiger partial charge in [0, 0.05) is 19.2 Å². The summed E-state index contributed by atoms with van der Waals surface area (Å²) in [6.45, 7) is 1.52. The van der Waals surface area contributed by atoms with Crippen LogP contribution < -0.4 is 10.6 Å². The smallest absolute Gasteiger partial charge is 0.247 e. The zero-order chi connectivity index (χ0) is 14.9. The van der Waals surface area contributed by atoms with E-state index >= 15 is 0 Å². The molecular formula is C14H18N4O3. The third-order valence-electron chi connectivity index (χ3n) is 2.68. The molecular weight excluding hydrogens is 272 g/mol. The minimum Gasteiger partial charge on any atom is -0.419 e. The van der Waals surface area contributed by atoms with E-state index in [1.807, 2.05) is 30.3 Å². The number of hydrogen-bond donors (Lipinski definition) is 2. The standard InChI is InChI=1S/C14H18N4O3/c1-20-8-7-16-12(19)9-15-10-13-17-18-14(21-13)11-5-3-2-4-6-11/h2-6,15H,7-10H2,1H3,(H,16,19). The number of aromatic nitrogens is 2. The molecule has 1 aromatic carbocycles. The maximum Gasteiger partial charge on any atom is 0.247 e. The summed E-state index contributed by atoms with van der Waals surface area (Å²) in [7, 11) is 1.59. The summed E-state index contributed by atoms with van der Waals surface area (Å²) in [5.41, 5.74) is 0.869. The second-order valence-electron chi connectivity index (χ2n) is 4.31. The molecule has 2 N–H and O–H groups in total. The first-order valence-electron chi connectivity index (χ1n) is 6.63. The van der Waals surface area contributed by atoms with Gasteiger partial charge in [-0.15, -0.1) is 10.2 Å². The van der Waals surface area contributed by atoms with Crippen molar-refractivity contribution in [3.05, 3.63) is 36.2 Å². The highest BCUT2D eigenvalue weighted by atomic mass is 16.5. The van der Waals surface area contributed by atoms with E-state index in [0.29, 0.717) is 31.5 Å². The zero-order valence-corrected chi connectivity index (χ0v) is 11.8. The van der Waals surface area contributed by atoms with Crippen LogP contribution in [0.4, 0.5) is 0 Å². The molecule has 7 heteroatoms. The normalized spacial score (nSPS) is 10.5. The highest BCUT2D eigenvalue weighted by Gasteiger charge is 2.08. The molecule has 0 aliphatic rings. The highest BCUT2D eigenvalue weighted by molar-refractivity contribution is 5.77. The Kier molecular flexibility index (Phi) is 5.86. The quantitative estimate of drug-likeness (QED) is 0.692. The van der Waals surface area contributed by atoms with Crippen molar-refractivity contribution in [1.29, 1.82) is 0 Å². The predicted octanol–water partition coefficient (Wildman–Crippen LogP) is 0.589. The van der Waals surface area contributed by atoms with Crippen molar-refractivity contribution in [2.45, 2.75) is 6.54 Å². The molecule has 2 rings (SSSR count). The van der Waals surface area contributed by atoms with Crippen LogP contribution in [-0.4, -0.2) is 42.9 Å². The van der Waals surface area contributed by atoms with Crippen LogP contribution in [0.1, 0.15) is 5.89 Å². The highest BCUT2D eigenvalue weighted by Crippen LogP contribution is 2.16. The van der Waals surface area contributed by atoms with Crippen molar-refractivity contribution < 1.29 is 13.9 Å². The lowest BCUT2D eigenvalue weighted by Crippen LogP contribution is -2.35.